The smallest absolute Gasteiger partial charge is 0.200 e. The fourth-order valence-corrected chi connectivity index (χ4v) is 4.21. The van der Waals surface area contributed by atoms with Gasteiger partial charge >= 0.3 is 0 Å². The van der Waals surface area contributed by atoms with Crippen molar-refractivity contribution < 1.29 is 8.42 Å². The number of hydrogen-bond donors (Lipinski definition) is 1. The molecular formula is C14H23N3O2S. The summed E-state index contributed by atoms with van der Waals surface area (Å²) in [6, 6.07) is 3.28. The number of anilines is 1. The quantitative estimate of drug-likeness (QED) is 0.817. The van der Waals surface area contributed by atoms with Crippen LogP contribution in [0.4, 0.5) is 5.82 Å². The molecule has 0 unspecified atom stereocenters. The summed E-state index contributed by atoms with van der Waals surface area (Å²) in [4.78, 5) is 0. The van der Waals surface area contributed by atoms with Crippen molar-refractivity contribution >= 4 is 15.7 Å². The van der Waals surface area contributed by atoms with Gasteiger partial charge in [0.2, 0.25) is 0 Å². The predicted octanol–water partition coefficient (Wildman–Crippen LogP) is 2.80. The first-order valence-corrected chi connectivity index (χ1v) is 9.00. The van der Waals surface area contributed by atoms with Crippen molar-refractivity contribution in [3.8, 4) is 0 Å². The lowest BCUT2D eigenvalue weighted by Gasteiger charge is -2.20. The second kappa shape index (κ2) is 7.02. The topological polar surface area (TPSA) is 72.0 Å². The van der Waals surface area contributed by atoms with Crippen LogP contribution >= 0.6 is 0 Å². The summed E-state index contributed by atoms with van der Waals surface area (Å²) in [5.74, 6) is 0.640. The molecule has 1 aromatic rings. The Bertz CT molecular complexity index is 508. The normalized spacial score (nSPS) is 17.1. The number of nitrogens with one attached hydrogen (secondary N) is 1. The molecule has 5 nitrogen and oxygen atoms in total. The second-order valence-electron chi connectivity index (χ2n) is 5.34. The van der Waals surface area contributed by atoms with E-state index in [0.29, 0.717) is 5.82 Å². The highest BCUT2D eigenvalue weighted by atomic mass is 32.2. The Morgan fingerprint density at radius 2 is 1.95 bits per heavy atom. The largest absolute Gasteiger partial charge is 0.369 e. The highest BCUT2D eigenvalue weighted by molar-refractivity contribution is 7.92. The lowest BCUT2D eigenvalue weighted by atomic mass is 10.0. The van der Waals surface area contributed by atoms with E-state index in [4.69, 9.17) is 0 Å². The van der Waals surface area contributed by atoms with E-state index in [1.165, 1.54) is 0 Å². The molecule has 6 heteroatoms. The Kier molecular flexibility index (Phi) is 5.34. The van der Waals surface area contributed by atoms with E-state index >= 15 is 0 Å². The summed E-state index contributed by atoms with van der Waals surface area (Å²) < 4.78 is 24.9. The summed E-state index contributed by atoms with van der Waals surface area (Å²) in [5, 5.41) is 10.9. The van der Waals surface area contributed by atoms with Gasteiger partial charge in [-0.05, 0) is 31.4 Å². The highest BCUT2D eigenvalue weighted by Crippen LogP contribution is 2.27. The van der Waals surface area contributed by atoms with Crippen molar-refractivity contribution in [2.24, 2.45) is 0 Å². The molecule has 1 aromatic heterocycles. The number of hydrogen-bond acceptors (Lipinski definition) is 5. The molecule has 1 N–H and O–H groups in total. The van der Waals surface area contributed by atoms with Gasteiger partial charge in [0, 0.05) is 6.54 Å². The van der Waals surface area contributed by atoms with Gasteiger partial charge in [0.15, 0.2) is 14.9 Å². The molecule has 0 saturated heterocycles. The van der Waals surface area contributed by atoms with Gasteiger partial charge in [-0.25, -0.2) is 8.42 Å². The van der Waals surface area contributed by atoms with Crippen molar-refractivity contribution in [3.05, 3.63) is 12.1 Å². The highest BCUT2D eigenvalue weighted by Gasteiger charge is 2.30. The molecule has 1 fully saturated rings. The zero-order chi connectivity index (χ0) is 14.4. The Morgan fingerprint density at radius 1 is 1.20 bits per heavy atom. The van der Waals surface area contributed by atoms with Crippen LogP contribution in [0, 0.1) is 0 Å². The third-order valence-corrected chi connectivity index (χ3v) is 5.91. The van der Waals surface area contributed by atoms with Gasteiger partial charge in [0.1, 0.15) is 5.82 Å². The van der Waals surface area contributed by atoms with Crippen LogP contribution in [0.5, 0.6) is 0 Å². The molecule has 1 aliphatic rings. The van der Waals surface area contributed by atoms with Crippen molar-refractivity contribution in [2.45, 2.75) is 62.1 Å². The molecule has 1 saturated carbocycles. The van der Waals surface area contributed by atoms with Gasteiger partial charge in [0.25, 0.3) is 0 Å². The Labute approximate surface area is 121 Å². The van der Waals surface area contributed by atoms with Gasteiger partial charge in [-0.15, -0.1) is 10.2 Å². The van der Waals surface area contributed by atoms with E-state index in [9.17, 15) is 8.42 Å². The number of aromatic nitrogens is 2. The molecule has 0 spiro atoms. The van der Waals surface area contributed by atoms with E-state index < -0.39 is 9.84 Å². The third kappa shape index (κ3) is 3.69. The van der Waals surface area contributed by atoms with Gasteiger partial charge in [-0.1, -0.05) is 32.6 Å². The van der Waals surface area contributed by atoms with E-state index in [-0.39, 0.29) is 10.3 Å². The fourth-order valence-electron chi connectivity index (χ4n) is 2.51. The molecule has 0 radical (unpaired) electrons. The Morgan fingerprint density at radius 3 is 2.55 bits per heavy atom. The van der Waals surface area contributed by atoms with E-state index in [0.717, 1.165) is 51.5 Å². The van der Waals surface area contributed by atoms with Crippen molar-refractivity contribution in [1.29, 1.82) is 0 Å². The summed E-state index contributed by atoms with van der Waals surface area (Å²) in [5.41, 5.74) is 0. The van der Waals surface area contributed by atoms with Crippen LogP contribution in [-0.2, 0) is 9.84 Å². The van der Waals surface area contributed by atoms with E-state index in [1.807, 2.05) is 0 Å². The molecule has 20 heavy (non-hydrogen) atoms. The summed E-state index contributed by atoms with van der Waals surface area (Å²) >= 11 is 0. The van der Waals surface area contributed by atoms with Crippen LogP contribution in [-0.4, -0.2) is 30.4 Å². The Hall–Kier alpha value is -1.17. The second-order valence-corrected chi connectivity index (χ2v) is 7.52. The zero-order valence-electron chi connectivity index (χ0n) is 12.0. The van der Waals surface area contributed by atoms with Gasteiger partial charge in [-0.3, -0.25) is 0 Å². The summed E-state index contributed by atoms with van der Waals surface area (Å²) in [7, 11) is -3.31. The molecule has 1 heterocycles. The minimum absolute atomic E-state index is 0.116. The molecule has 0 aromatic carbocycles. The average Bonchev–Trinajstić information content (AvgIpc) is 2.49. The first-order valence-electron chi connectivity index (χ1n) is 7.46. The molecular weight excluding hydrogens is 274 g/mol. The van der Waals surface area contributed by atoms with Gasteiger partial charge in [-0.2, -0.15) is 0 Å². The lowest BCUT2D eigenvalue weighted by Crippen LogP contribution is -2.25. The summed E-state index contributed by atoms with van der Waals surface area (Å²) in [6.07, 6.45) is 6.79. The van der Waals surface area contributed by atoms with Crippen molar-refractivity contribution in [1.82, 2.24) is 10.2 Å². The number of nitrogens with zero attached hydrogens (tertiary/aromatic N) is 2. The fraction of sp³-hybridized carbons (Fsp3) is 0.714. The summed E-state index contributed by atoms with van der Waals surface area (Å²) in [6.45, 7) is 2.95. The van der Waals surface area contributed by atoms with E-state index in [2.05, 4.69) is 22.4 Å². The van der Waals surface area contributed by atoms with Crippen molar-refractivity contribution in [3.63, 3.8) is 0 Å². The maximum absolute atomic E-state index is 12.4. The van der Waals surface area contributed by atoms with Crippen LogP contribution in [0.1, 0.15) is 51.9 Å². The third-order valence-electron chi connectivity index (χ3n) is 3.76. The van der Waals surface area contributed by atoms with E-state index in [1.54, 1.807) is 12.1 Å². The standard InChI is InChI=1S/C14H23N3O2S/c1-2-3-11-15-13-9-10-14(17-16-13)20(18,19)12-7-5-4-6-8-12/h9-10,12H,2-8,11H2,1H3,(H,15,16). The number of unbranched alkanes of at least 4 members (excludes halogenated alkanes) is 1. The molecule has 0 aliphatic heterocycles. The first-order chi connectivity index (χ1) is 9.64. The Balaban J connectivity index is 2.04. The van der Waals surface area contributed by atoms with Gasteiger partial charge in [0.05, 0.1) is 5.25 Å². The number of rotatable bonds is 6. The minimum Gasteiger partial charge on any atom is -0.369 e. The molecule has 0 atom stereocenters. The van der Waals surface area contributed by atoms with Crippen LogP contribution in [0.15, 0.2) is 17.2 Å². The average molecular weight is 297 g/mol. The molecule has 2 rings (SSSR count). The molecule has 0 bridgehead atoms. The predicted molar refractivity (Wildman–Crippen MR) is 79.5 cm³/mol. The van der Waals surface area contributed by atoms with Crippen LogP contribution in [0.25, 0.3) is 0 Å². The minimum atomic E-state index is -3.31. The molecule has 112 valence electrons. The zero-order valence-corrected chi connectivity index (χ0v) is 12.8. The van der Waals surface area contributed by atoms with Crippen LogP contribution < -0.4 is 5.32 Å². The maximum atomic E-state index is 12.4. The lowest BCUT2D eigenvalue weighted by molar-refractivity contribution is 0.481. The van der Waals surface area contributed by atoms with Crippen LogP contribution in [0.2, 0.25) is 0 Å². The monoisotopic (exact) mass is 297 g/mol. The first kappa shape index (κ1) is 15.2. The molecule has 0 amide bonds. The maximum Gasteiger partial charge on any atom is 0.200 e. The van der Waals surface area contributed by atoms with Gasteiger partial charge < -0.3 is 5.32 Å². The number of sulfone groups is 1. The van der Waals surface area contributed by atoms with Crippen molar-refractivity contribution in [2.75, 3.05) is 11.9 Å². The van der Waals surface area contributed by atoms with Crippen LogP contribution in [0.3, 0.4) is 0 Å². The molecule has 1 aliphatic carbocycles. The SMILES string of the molecule is CCCCNc1ccc(S(=O)(=O)C2CCCCC2)nn1.